The first kappa shape index (κ1) is 24.7. The Bertz CT molecular complexity index is 1310. The molecular weight excluding hydrogens is 464 g/mol. The molecule has 0 aliphatic carbocycles. The molecular formula is C28H26O8. The fourth-order valence-electron chi connectivity index (χ4n) is 3.88. The van der Waals surface area contributed by atoms with Crippen LogP contribution < -0.4 is 28.4 Å². The van der Waals surface area contributed by atoms with Crippen molar-refractivity contribution in [2.45, 2.75) is 13.8 Å². The normalized spacial score (nSPS) is 13.1. The van der Waals surface area contributed by atoms with E-state index in [1.165, 1.54) is 39.5 Å². The van der Waals surface area contributed by atoms with E-state index in [-0.39, 0.29) is 22.9 Å². The molecule has 1 heterocycles. The molecule has 186 valence electrons. The van der Waals surface area contributed by atoms with Crippen LogP contribution in [0.4, 0.5) is 0 Å². The van der Waals surface area contributed by atoms with Gasteiger partial charge < -0.3 is 28.4 Å². The number of hydrogen-bond donors (Lipinski definition) is 0. The number of hydrogen-bond acceptors (Lipinski definition) is 8. The Hall–Kier alpha value is -4.46. The standard InChI is InChI=1S/C28H26O8/c1-6-34-19-9-7-17(8-10-19)12-22-26(29)25-16(2)11-20(15-21(25)36-22)35-28(30)18-13-23(31-3)27(33-5)24(14-18)32-4/h7-15H,6H2,1-5H3/b22-12-. The van der Waals surface area contributed by atoms with Crippen LogP contribution in [0.3, 0.4) is 0 Å². The number of rotatable bonds is 8. The number of allylic oxidation sites excluding steroid dienone is 1. The Kier molecular flexibility index (Phi) is 7.15. The van der Waals surface area contributed by atoms with Crippen molar-refractivity contribution in [2.75, 3.05) is 27.9 Å². The van der Waals surface area contributed by atoms with Gasteiger partial charge in [-0.25, -0.2) is 4.79 Å². The van der Waals surface area contributed by atoms with E-state index < -0.39 is 5.97 Å². The predicted molar refractivity (Wildman–Crippen MR) is 133 cm³/mol. The zero-order valence-corrected chi connectivity index (χ0v) is 20.7. The fourth-order valence-corrected chi connectivity index (χ4v) is 3.88. The van der Waals surface area contributed by atoms with E-state index in [0.717, 1.165) is 11.3 Å². The molecule has 0 amide bonds. The quantitative estimate of drug-likeness (QED) is 0.240. The average molecular weight is 491 g/mol. The maximum absolute atomic E-state index is 13.0. The molecule has 1 aliphatic heterocycles. The summed E-state index contributed by atoms with van der Waals surface area (Å²) in [6, 6.07) is 13.5. The molecule has 1 aliphatic rings. The number of methoxy groups -OCH3 is 3. The van der Waals surface area contributed by atoms with Gasteiger partial charge in [-0.15, -0.1) is 0 Å². The van der Waals surface area contributed by atoms with Gasteiger partial charge in [-0.3, -0.25) is 4.79 Å². The summed E-state index contributed by atoms with van der Waals surface area (Å²) < 4.78 is 32.8. The lowest BCUT2D eigenvalue weighted by atomic mass is 10.0. The first-order valence-electron chi connectivity index (χ1n) is 11.2. The molecule has 0 bridgehead atoms. The summed E-state index contributed by atoms with van der Waals surface area (Å²) >= 11 is 0. The van der Waals surface area contributed by atoms with Gasteiger partial charge in [0, 0.05) is 6.07 Å². The number of carbonyl (C=O) groups excluding carboxylic acids is 2. The largest absolute Gasteiger partial charge is 0.494 e. The van der Waals surface area contributed by atoms with E-state index in [2.05, 4.69) is 0 Å². The van der Waals surface area contributed by atoms with Gasteiger partial charge in [-0.05, 0) is 61.4 Å². The number of Topliss-reactive ketones (excluding diaryl/α,β-unsaturated/α-hetero) is 1. The highest BCUT2D eigenvalue weighted by atomic mass is 16.5. The number of benzene rings is 3. The summed E-state index contributed by atoms with van der Waals surface area (Å²) in [4.78, 5) is 25.9. The van der Waals surface area contributed by atoms with Gasteiger partial charge in [0.1, 0.15) is 17.2 Å². The maximum Gasteiger partial charge on any atom is 0.343 e. The van der Waals surface area contributed by atoms with Crippen molar-refractivity contribution in [2.24, 2.45) is 0 Å². The zero-order valence-electron chi connectivity index (χ0n) is 20.7. The first-order chi connectivity index (χ1) is 17.4. The Morgan fingerprint density at radius 1 is 0.917 bits per heavy atom. The summed E-state index contributed by atoms with van der Waals surface area (Å²) in [5.41, 5.74) is 2.05. The Labute approximate surface area is 209 Å². The van der Waals surface area contributed by atoms with Crippen LogP contribution in [-0.2, 0) is 0 Å². The number of carbonyl (C=O) groups is 2. The van der Waals surface area contributed by atoms with Gasteiger partial charge in [-0.2, -0.15) is 0 Å². The fraction of sp³-hybridized carbons (Fsp3) is 0.214. The molecule has 0 spiro atoms. The average Bonchev–Trinajstić information content (AvgIpc) is 3.19. The van der Waals surface area contributed by atoms with Gasteiger partial charge in [-0.1, -0.05) is 12.1 Å². The van der Waals surface area contributed by atoms with Crippen molar-refractivity contribution >= 4 is 17.8 Å². The predicted octanol–water partition coefficient (Wildman–Crippen LogP) is 5.25. The number of esters is 1. The number of aryl methyl sites for hydroxylation is 1. The summed E-state index contributed by atoms with van der Waals surface area (Å²) in [5, 5.41) is 0. The highest BCUT2D eigenvalue weighted by molar-refractivity contribution is 6.15. The highest BCUT2D eigenvalue weighted by Gasteiger charge is 2.30. The van der Waals surface area contributed by atoms with Gasteiger partial charge in [0.05, 0.1) is 39.1 Å². The van der Waals surface area contributed by atoms with Crippen LogP contribution in [0.15, 0.2) is 54.3 Å². The van der Waals surface area contributed by atoms with Gasteiger partial charge in [0.25, 0.3) is 0 Å². The molecule has 3 aromatic carbocycles. The van der Waals surface area contributed by atoms with Crippen LogP contribution in [-0.4, -0.2) is 39.7 Å². The third-order valence-electron chi connectivity index (χ3n) is 5.54. The lowest BCUT2D eigenvalue weighted by Crippen LogP contribution is -2.10. The van der Waals surface area contributed by atoms with E-state index in [9.17, 15) is 9.59 Å². The van der Waals surface area contributed by atoms with Crippen LogP contribution in [0, 0.1) is 6.92 Å². The van der Waals surface area contributed by atoms with Crippen molar-refractivity contribution in [3.63, 3.8) is 0 Å². The molecule has 0 radical (unpaired) electrons. The minimum absolute atomic E-state index is 0.186. The number of fused-ring (bicyclic) bond motifs is 1. The minimum Gasteiger partial charge on any atom is -0.494 e. The highest BCUT2D eigenvalue weighted by Crippen LogP contribution is 2.40. The number of ketones is 1. The molecule has 0 unspecified atom stereocenters. The monoisotopic (exact) mass is 490 g/mol. The molecule has 8 nitrogen and oxygen atoms in total. The molecule has 0 atom stereocenters. The third-order valence-corrected chi connectivity index (χ3v) is 5.54. The molecule has 3 aromatic rings. The molecule has 0 aromatic heterocycles. The topological polar surface area (TPSA) is 89.5 Å². The van der Waals surface area contributed by atoms with Crippen molar-refractivity contribution in [3.05, 3.63) is 76.5 Å². The summed E-state index contributed by atoms with van der Waals surface area (Å²) in [7, 11) is 4.40. The van der Waals surface area contributed by atoms with Crippen molar-refractivity contribution in [3.8, 4) is 34.5 Å². The second-order valence-electron chi connectivity index (χ2n) is 7.86. The summed E-state index contributed by atoms with van der Waals surface area (Å²) in [6.45, 7) is 4.25. The summed E-state index contributed by atoms with van der Waals surface area (Å²) in [5.74, 6) is 1.64. The summed E-state index contributed by atoms with van der Waals surface area (Å²) in [6.07, 6.45) is 1.67. The second-order valence-corrected chi connectivity index (χ2v) is 7.86. The van der Waals surface area contributed by atoms with Gasteiger partial charge in [0.2, 0.25) is 11.5 Å². The molecule has 36 heavy (non-hydrogen) atoms. The second kappa shape index (κ2) is 10.4. The lowest BCUT2D eigenvalue weighted by Gasteiger charge is -2.14. The van der Waals surface area contributed by atoms with Gasteiger partial charge in [0.15, 0.2) is 17.3 Å². The number of ether oxygens (including phenoxy) is 6. The van der Waals surface area contributed by atoms with Crippen LogP contribution in [0.1, 0.15) is 38.8 Å². The van der Waals surface area contributed by atoms with E-state index in [0.29, 0.717) is 40.7 Å². The Morgan fingerprint density at radius 2 is 1.58 bits per heavy atom. The van der Waals surface area contributed by atoms with E-state index in [1.807, 2.05) is 31.2 Å². The van der Waals surface area contributed by atoms with E-state index >= 15 is 0 Å². The molecule has 4 rings (SSSR count). The lowest BCUT2D eigenvalue weighted by molar-refractivity contribution is 0.0733. The molecule has 0 N–H and O–H groups in total. The van der Waals surface area contributed by atoms with Gasteiger partial charge >= 0.3 is 5.97 Å². The van der Waals surface area contributed by atoms with Crippen LogP contribution in [0.25, 0.3) is 6.08 Å². The van der Waals surface area contributed by atoms with Crippen molar-refractivity contribution < 1.29 is 38.0 Å². The smallest absolute Gasteiger partial charge is 0.343 e. The SMILES string of the molecule is CCOc1ccc(/C=C2\Oc3cc(OC(=O)c4cc(OC)c(OC)c(OC)c4)cc(C)c3C2=O)cc1. The maximum atomic E-state index is 13.0. The Balaban J connectivity index is 1.58. The van der Waals surface area contributed by atoms with Crippen LogP contribution in [0.2, 0.25) is 0 Å². The molecule has 0 fully saturated rings. The Morgan fingerprint density at radius 3 is 2.17 bits per heavy atom. The zero-order chi connectivity index (χ0) is 25.8. The molecule has 0 saturated carbocycles. The third kappa shape index (κ3) is 4.84. The first-order valence-corrected chi connectivity index (χ1v) is 11.2. The molecule has 0 saturated heterocycles. The van der Waals surface area contributed by atoms with Crippen molar-refractivity contribution in [1.82, 2.24) is 0 Å². The van der Waals surface area contributed by atoms with Crippen LogP contribution in [0.5, 0.6) is 34.5 Å². The molecule has 8 heteroatoms. The van der Waals surface area contributed by atoms with Crippen LogP contribution >= 0.6 is 0 Å². The van der Waals surface area contributed by atoms with E-state index in [1.54, 1.807) is 19.1 Å². The minimum atomic E-state index is -0.636. The van der Waals surface area contributed by atoms with Crippen molar-refractivity contribution in [1.29, 1.82) is 0 Å². The van der Waals surface area contributed by atoms with E-state index in [4.69, 9.17) is 28.4 Å².